The van der Waals surface area contributed by atoms with Gasteiger partial charge in [-0.15, -0.1) is 0 Å². The molecule has 3 amide bonds. The number of aromatic nitrogens is 1. The van der Waals surface area contributed by atoms with Gasteiger partial charge in [0, 0.05) is 25.4 Å². The molecule has 172 valence electrons. The molecule has 8 heteroatoms. The number of allylic oxidation sites excluding steroid dienone is 1. The second kappa shape index (κ2) is 10.5. The van der Waals surface area contributed by atoms with E-state index in [0.29, 0.717) is 12.8 Å². The van der Waals surface area contributed by atoms with Gasteiger partial charge < -0.3 is 25.7 Å². The monoisotopic (exact) mass is 432 g/mol. The molecule has 0 aliphatic heterocycles. The zero-order valence-corrected chi connectivity index (χ0v) is 19.4. The molecule has 4 N–H and O–H groups in total. The summed E-state index contributed by atoms with van der Waals surface area (Å²) in [6.45, 7) is 9.21. The van der Waals surface area contributed by atoms with E-state index >= 15 is 0 Å². The molecule has 1 unspecified atom stereocenters. The number of fused-ring (bicyclic) bond motifs is 1. The van der Waals surface area contributed by atoms with Crippen molar-refractivity contribution in [2.75, 3.05) is 7.05 Å². The summed E-state index contributed by atoms with van der Waals surface area (Å²) in [5.74, 6) is -0.539. The lowest BCUT2D eigenvalue weighted by atomic mass is 9.97. The minimum absolute atomic E-state index is 0.158. The predicted octanol–water partition coefficient (Wildman–Crippen LogP) is 2.69. The maximum absolute atomic E-state index is 13.0. The zero-order chi connectivity index (χ0) is 23.2. The van der Waals surface area contributed by atoms with E-state index in [9.17, 15) is 14.4 Å². The highest BCUT2D eigenvalue weighted by Gasteiger charge is 2.29. The molecule has 0 radical (unpaired) electrons. The number of aromatic amines is 1. The molecule has 31 heavy (non-hydrogen) atoms. The van der Waals surface area contributed by atoms with Crippen LogP contribution >= 0.6 is 0 Å². The fraction of sp³-hybridized carbons (Fsp3) is 0.609. The van der Waals surface area contributed by atoms with Crippen LogP contribution in [0.3, 0.4) is 0 Å². The number of aryl methyl sites for hydroxylation is 1. The van der Waals surface area contributed by atoms with E-state index in [1.807, 2.05) is 20.0 Å². The van der Waals surface area contributed by atoms with Crippen molar-refractivity contribution in [3.8, 4) is 0 Å². The number of ether oxygens (including phenoxy) is 1. The molecular formula is C23H36N4O4. The van der Waals surface area contributed by atoms with Crippen LogP contribution in [-0.2, 0) is 27.2 Å². The van der Waals surface area contributed by atoms with Crippen molar-refractivity contribution in [2.45, 2.75) is 78.0 Å². The Morgan fingerprint density at radius 2 is 1.84 bits per heavy atom. The standard InChI is InChI=1S/C23H36N4O4/c1-14(2)11-18(27-22(30)31-23(3,4)5)21(29)26-19(20(28)24-6)12-15-13-25-17-10-8-7-9-16(15)17/h7,9,13-14,18-19,25H,8,10-12H2,1-6H3,(H,24,28)(H,26,29)(H,27,30)/t18?,19-/m0/s1. The van der Waals surface area contributed by atoms with Crippen molar-refractivity contribution in [1.82, 2.24) is 20.9 Å². The molecule has 1 aliphatic carbocycles. The van der Waals surface area contributed by atoms with Gasteiger partial charge in [-0.05, 0) is 57.1 Å². The third-order valence-corrected chi connectivity index (χ3v) is 4.96. The van der Waals surface area contributed by atoms with E-state index in [-0.39, 0.29) is 11.8 Å². The number of hydrogen-bond acceptors (Lipinski definition) is 4. The summed E-state index contributed by atoms with van der Waals surface area (Å²) in [4.78, 5) is 41.1. The van der Waals surface area contributed by atoms with Crippen LogP contribution in [-0.4, -0.2) is 47.6 Å². The van der Waals surface area contributed by atoms with Gasteiger partial charge in [-0.2, -0.15) is 0 Å². The Balaban J connectivity index is 2.14. The second-order valence-corrected chi connectivity index (χ2v) is 9.36. The SMILES string of the molecule is CNC(=O)[C@H](Cc1c[nH]c2c1C=CCC2)NC(=O)C(CC(C)C)NC(=O)OC(C)(C)C. The summed E-state index contributed by atoms with van der Waals surface area (Å²) in [7, 11) is 1.54. The first-order chi connectivity index (χ1) is 14.5. The average molecular weight is 433 g/mol. The Labute approximate surface area is 184 Å². The molecule has 1 aliphatic rings. The maximum atomic E-state index is 13.0. The number of alkyl carbamates (subject to hydrolysis) is 1. The van der Waals surface area contributed by atoms with E-state index in [0.717, 1.165) is 29.7 Å². The molecule has 0 spiro atoms. The van der Waals surface area contributed by atoms with Crippen LogP contribution in [0.5, 0.6) is 0 Å². The molecule has 0 saturated heterocycles. The van der Waals surface area contributed by atoms with Crippen LogP contribution in [0.15, 0.2) is 12.3 Å². The van der Waals surface area contributed by atoms with Gasteiger partial charge in [-0.3, -0.25) is 9.59 Å². The van der Waals surface area contributed by atoms with Crippen LogP contribution in [0.1, 0.15) is 64.3 Å². The largest absolute Gasteiger partial charge is 0.444 e. The number of likely N-dealkylation sites (N-methyl/N-ethyl adjacent to an activating group) is 1. The lowest BCUT2D eigenvalue weighted by Crippen LogP contribution is -2.54. The molecule has 0 saturated carbocycles. The normalized spacial score (nSPS) is 15.1. The Bertz CT molecular complexity index is 820. The summed E-state index contributed by atoms with van der Waals surface area (Å²) in [6.07, 6.45) is 8.09. The highest BCUT2D eigenvalue weighted by atomic mass is 16.6. The highest BCUT2D eigenvalue weighted by molar-refractivity contribution is 5.91. The summed E-state index contributed by atoms with van der Waals surface area (Å²) in [5, 5.41) is 8.10. The third-order valence-electron chi connectivity index (χ3n) is 4.96. The van der Waals surface area contributed by atoms with Crippen LogP contribution in [0.25, 0.3) is 6.08 Å². The number of carbonyl (C=O) groups is 3. The van der Waals surface area contributed by atoms with Crippen molar-refractivity contribution < 1.29 is 19.1 Å². The Hall–Kier alpha value is -2.77. The van der Waals surface area contributed by atoms with Gasteiger partial charge in [0.25, 0.3) is 0 Å². The molecule has 8 nitrogen and oxygen atoms in total. The smallest absolute Gasteiger partial charge is 0.408 e. The van der Waals surface area contributed by atoms with Crippen LogP contribution in [0.2, 0.25) is 0 Å². The highest BCUT2D eigenvalue weighted by Crippen LogP contribution is 2.23. The van der Waals surface area contributed by atoms with E-state index in [4.69, 9.17) is 4.74 Å². The summed E-state index contributed by atoms with van der Waals surface area (Å²) >= 11 is 0. The quantitative estimate of drug-likeness (QED) is 0.506. The Morgan fingerprint density at radius 3 is 2.45 bits per heavy atom. The molecule has 1 heterocycles. The molecule has 2 atom stereocenters. The van der Waals surface area contributed by atoms with Crippen molar-refractivity contribution in [1.29, 1.82) is 0 Å². The van der Waals surface area contributed by atoms with E-state index in [1.54, 1.807) is 27.8 Å². The lowest BCUT2D eigenvalue weighted by molar-refractivity contribution is -0.130. The topological polar surface area (TPSA) is 112 Å². The minimum Gasteiger partial charge on any atom is -0.444 e. The zero-order valence-electron chi connectivity index (χ0n) is 19.4. The van der Waals surface area contributed by atoms with Crippen LogP contribution in [0, 0.1) is 5.92 Å². The first kappa shape index (κ1) is 24.5. The molecule has 2 rings (SSSR count). The number of H-pyrrole nitrogens is 1. The predicted molar refractivity (Wildman–Crippen MR) is 120 cm³/mol. The van der Waals surface area contributed by atoms with E-state index in [1.165, 1.54) is 0 Å². The molecule has 0 aromatic carbocycles. The third kappa shape index (κ3) is 7.45. The molecule has 0 fully saturated rings. The van der Waals surface area contributed by atoms with Gasteiger partial charge >= 0.3 is 6.09 Å². The number of carbonyl (C=O) groups excluding carboxylic acids is 3. The molecule has 1 aromatic rings. The van der Waals surface area contributed by atoms with Gasteiger partial charge in [0.1, 0.15) is 17.7 Å². The summed E-state index contributed by atoms with van der Waals surface area (Å²) in [6, 6.07) is -1.56. The van der Waals surface area contributed by atoms with Crippen molar-refractivity contribution in [3.05, 3.63) is 29.1 Å². The maximum Gasteiger partial charge on any atom is 0.408 e. The number of rotatable bonds is 8. The minimum atomic E-state index is -0.804. The van der Waals surface area contributed by atoms with E-state index < -0.39 is 29.7 Å². The number of amides is 3. The average Bonchev–Trinajstić information content (AvgIpc) is 3.07. The number of nitrogens with one attached hydrogen (secondary N) is 4. The van der Waals surface area contributed by atoms with E-state index in [2.05, 4.69) is 33.1 Å². The first-order valence-electron chi connectivity index (χ1n) is 10.9. The Morgan fingerprint density at radius 1 is 1.13 bits per heavy atom. The van der Waals surface area contributed by atoms with Gasteiger partial charge in [0.05, 0.1) is 0 Å². The fourth-order valence-corrected chi connectivity index (χ4v) is 3.56. The summed E-state index contributed by atoms with van der Waals surface area (Å²) < 4.78 is 5.30. The van der Waals surface area contributed by atoms with Gasteiger partial charge in [0.15, 0.2) is 0 Å². The van der Waals surface area contributed by atoms with Crippen molar-refractivity contribution in [3.63, 3.8) is 0 Å². The van der Waals surface area contributed by atoms with Gasteiger partial charge in [0.2, 0.25) is 11.8 Å². The summed E-state index contributed by atoms with van der Waals surface area (Å²) in [5.41, 5.74) is 2.53. The van der Waals surface area contributed by atoms with Gasteiger partial charge in [-0.25, -0.2) is 4.79 Å². The first-order valence-corrected chi connectivity index (χ1v) is 10.9. The van der Waals surface area contributed by atoms with Crippen molar-refractivity contribution >= 4 is 24.0 Å². The van der Waals surface area contributed by atoms with Crippen molar-refractivity contribution in [2.24, 2.45) is 5.92 Å². The second-order valence-electron chi connectivity index (χ2n) is 9.36. The molecule has 1 aromatic heterocycles. The van der Waals surface area contributed by atoms with Crippen LogP contribution < -0.4 is 16.0 Å². The molecular weight excluding hydrogens is 396 g/mol. The molecule has 0 bridgehead atoms. The number of hydrogen-bond donors (Lipinski definition) is 4. The lowest BCUT2D eigenvalue weighted by Gasteiger charge is -2.26. The van der Waals surface area contributed by atoms with Gasteiger partial charge in [-0.1, -0.05) is 26.0 Å². The fourth-order valence-electron chi connectivity index (χ4n) is 3.56. The van der Waals surface area contributed by atoms with Crippen LogP contribution in [0.4, 0.5) is 4.79 Å². The Kier molecular flexibility index (Phi) is 8.30.